The summed E-state index contributed by atoms with van der Waals surface area (Å²) in [6, 6.07) is 2.94. The number of hydrogen-bond donors (Lipinski definition) is 3. The van der Waals surface area contributed by atoms with E-state index in [-0.39, 0.29) is 54.8 Å². The number of unbranched alkanes of at least 4 members (excludes halogenated alkanes) is 2. The van der Waals surface area contributed by atoms with Crippen molar-refractivity contribution in [1.82, 2.24) is 15.1 Å². The number of halogens is 3. The third kappa shape index (κ3) is 8.50. The zero-order chi connectivity index (χ0) is 27.2. The van der Waals surface area contributed by atoms with Crippen molar-refractivity contribution in [1.29, 1.82) is 0 Å². The first-order valence-electron chi connectivity index (χ1n) is 13.6. The molecular weight excluding hydrogens is 583 g/mol. The summed E-state index contributed by atoms with van der Waals surface area (Å²) < 4.78 is 16.6. The number of piperidine rings is 4. The molecule has 2 bridgehead atoms. The van der Waals surface area contributed by atoms with Gasteiger partial charge in [-0.25, -0.2) is 0 Å². The van der Waals surface area contributed by atoms with E-state index in [1.807, 2.05) is 0 Å². The fourth-order valence-electron chi connectivity index (χ4n) is 5.83. The number of rotatable bonds is 11. The summed E-state index contributed by atoms with van der Waals surface area (Å²) in [5.74, 6) is 0.128. The Morgan fingerprint density at radius 2 is 1.82 bits per heavy atom. The Morgan fingerprint density at radius 3 is 2.48 bits per heavy atom. The predicted octanol–water partition coefficient (Wildman–Crippen LogP) is 3.11. The van der Waals surface area contributed by atoms with Gasteiger partial charge in [0.15, 0.2) is 6.23 Å². The number of anilines is 1. The van der Waals surface area contributed by atoms with Crippen LogP contribution in [0.2, 0.25) is 5.02 Å². The number of methoxy groups -OCH3 is 2. The van der Waals surface area contributed by atoms with Gasteiger partial charge in [0.1, 0.15) is 11.9 Å². The van der Waals surface area contributed by atoms with Gasteiger partial charge in [0.25, 0.3) is 5.91 Å². The third-order valence-corrected chi connectivity index (χ3v) is 8.47. The van der Waals surface area contributed by atoms with Crippen LogP contribution in [-0.4, -0.2) is 98.2 Å². The molecule has 4 fully saturated rings. The summed E-state index contributed by atoms with van der Waals surface area (Å²) in [6.45, 7) is 4.23. The zero-order valence-electron chi connectivity index (χ0n) is 23.2. The maximum Gasteiger partial charge on any atom is 0.307 e. The molecule has 4 aliphatic rings. The predicted molar refractivity (Wildman–Crippen MR) is 159 cm³/mol. The van der Waals surface area contributed by atoms with E-state index in [1.54, 1.807) is 13.2 Å². The molecule has 10 nitrogen and oxygen atoms in total. The second kappa shape index (κ2) is 16.2. The molecular formula is C27H43Cl3N4O6. The molecule has 4 N–H and O–H groups in total. The first-order valence-corrected chi connectivity index (χ1v) is 14.0. The maximum atomic E-state index is 13.0. The number of likely N-dealkylation sites (tertiary alicyclic amines) is 1. The number of nitrogens with two attached hydrogens (primary N) is 1. The number of nitrogens with one attached hydrogen (secondary N) is 1. The van der Waals surface area contributed by atoms with Crippen molar-refractivity contribution in [2.24, 2.45) is 5.92 Å². The van der Waals surface area contributed by atoms with Gasteiger partial charge in [0.2, 0.25) is 0 Å². The van der Waals surface area contributed by atoms with E-state index in [0.29, 0.717) is 35.0 Å². The molecule has 0 aliphatic carbocycles. The smallest absolute Gasteiger partial charge is 0.307 e. The van der Waals surface area contributed by atoms with Crippen molar-refractivity contribution in [3.05, 3.63) is 22.7 Å². The number of nitrogen functional groups attached to an aromatic ring is 1. The van der Waals surface area contributed by atoms with Gasteiger partial charge in [0.05, 0.1) is 35.5 Å². The van der Waals surface area contributed by atoms with Crippen LogP contribution in [0.25, 0.3) is 0 Å². The van der Waals surface area contributed by atoms with E-state index in [1.165, 1.54) is 13.2 Å². The fourth-order valence-corrected chi connectivity index (χ4v) is 6.00. The molecule has 40 heavy (non-hydrogen) atoms. The number of carbonyl (C=O) groups is 2. The molecule has 0 unspecified atom stereocenters. The molecule has 4 heterocycles. The molecule has 0 aromatic heterocycles. The molecule has 1 aromatic carbocycles. The van der Waals surface area contributed by atoms with Crippen molar-refractivity contribution < 1.29 is 28.9 Å². The average Bonchev–Trinajstić information content (AvgIpc) is 2.92. The van der Waals surface area contributed by atoms with Gasteiger partial charge in [-0.05, 0) is 50.6 Å². The molecule has 4 atom stereocenters. The number of amides is 1. The largest absolute Gasteiger partial charge is 0.496 e. The maximum absolute atomic E-state index is 13.0. The van der Waals surface area contributed by atoms with Crippen LogP contribution in [0.1, 0.15) is 55.3 Å². The minimum absolute atomic E-state index is 0. The van der Waals surface area contributed by atoms with Crippen LogP contribution in [0.4, 0.5) is 5.69 Å². The molecule has 1 amide bonds. The van der Waals surface area contributed by atoms with Crippen LogP contribution in [0.5, 0.6) is 5.75 Å². The number of aliphatic hydroxyl groups excluding tert-OH is 1. The van der Waals surface area contributed by atoms with E-state index in [9.17, 15) is 14.7 Å². The number of fused-ring (bicyclic) bond motifs is 3. The SMILES string of the molecule is COc1cc(N)c(Cl)cc1C(=O)N[C@@H]1CCN(CCCCCC(=O)O[C@@H]2[C@H](O)C3CCN2CC3)C[C@@H]1OC.Cl.Cl. The van der Waals surface area contributed by atoms with Gasteiger partial charge in [0, 0.05) is 45.8 Å². The van der Waals surface area contributed by atoms with E-state index in [4.69, 9.17) is 31.5 Å². The fraction of sp³-hybridized carbons (Fsp3) is 0.704. The average molecular weight is 626 g/mol. The molecule has 5 rings (SSSR count). The van der Waals surface area contributed by atoms with Crippen molar-refractivity contribution in [2.75, 3.05) is 52.7 Å². The van der Waals surface area contributed by atoms with Crippen LogP contribution in [0.3, 0.4) is 0 Å². The Bertz CT molecular complexity index is 980. The number of carbonyl (C=O) groups excluding carboxylic acids is 2. The second-order valence-corrected chi connectivity index (χ2v) is 11.0. The molecule has 4 saturated heterocycles. The quantitative estimate of drug-likeness (QED) is 0.193. The first kappa shape index (κ1) is 34.7. The zero-order valence-corrected chi connectivity index (χ0v) is 25.6. The monoisotopic (exact) mass is 624 g/mol. The summed E-state index contributed by atoms with van der Waals surface area (Å²) in [5.41, 5.74) is 6.53. The molecule has 13 heteroatoms. The number of hydrogen-bond acceptors (Lipinski definition) is 9. The highest BCUT2D eigenvalue weighted by Gasteiger charge is 2.43. The summed E-state index contributed by atoms with van der Waals surface area (Å²) in [6.07, 6.45) is 4.54. The van der Waals surface area contributed by atoms with Crippen molar-refractivity contribution >= 4 is 54.0 Å². The van der Waals surface area contributed by atoms with Gasteiger partial charge in [-0.15, -0.1) is 24.8 Å². The molecule has 0 radical (unpaired) electrons. The molecule has 0 saturated carbocycles. The summed E-state index contributed by atoms with van der Waals surface area (Å²) in [4.78, 5) is 29.7. The number of ether oxygens (including phenoxy) is 3. The summed E-state index contributed by atoms with van der Waals surface area (Å²) in [7, 11) is 3.15. The third-order valence-electron chi connectivity index (χ3n) is 8.14. The summed E-state index contributed by atoms with van der Waals surface area (Å²) >= 11 is 6.13. The van der Waals surface area contributed by atoms with Crippen molar-refractivity contribution in [3.8, 4) is 5.75 Å². The number of esters is 1. The van der Waals surface area contributed by atoms with E-state index < -0.39 is 12.3 Å². The Balaban J connectivity index is 0.00000280. The van der Waals surface area contributed by atoms with Gasteiger partial charge in [-0.2, -0.15) is 0 Å². The van der Waals surface area contributed by atoms with Crippen LogP contribution < -0.4 is 15.8 Å². The lowest BCUT2D eigenvalue weighted by Crippen LogP contribution is -2.59. The van der Waals surface area contributed by atoms with Gasteiger partial charge in [-0.1, -0.05) is 18.0 Å². The van der Waals surface area contributed by atoms with Gasteiger partial charge < -0.3 is 35.3 Å². The molecule has 4 aliphatic heterocycles. The summed E-state index contributed by atoms with van der Waals surface area (Å²) in [5, 5.41) is 13.8. The Labute approximate surface area is 254 Å². The Hall–Kier alpha value is -1.53. The van der Waals surface area contributed by atoms with E-state index >= 15 is 0 Å². The Kier molecular flexibility index (Phi) is 14.0. The highest BCUT2D eigenvalue weighted by Crippen LogP contribution is 2.33. The number of benzene rings is 1. The lowest BCUT2D eigenvalue weighted by Gasteiger charge is -2.47. The molecule has 1 aromatic rings. The number of aliphatic hydroxyl groups is 1. The van der Waals surface area contributed by atoms with Crippen LogP contribution >= 0.6 is 36.4 Å². The van der Waals surface area contributed by atoms with Gasteiger partial charge in [-0.3, -0.25) is 14.5 Å². The van der Waals surface area contributed by atoms with Crippen molar-refractivity contribution in [2.45, 2.75) is 69.4 Å². The van der Waals surface area contributed by atoms with Crippen LogP contribution in [0, 0.1) is 5.92 Å². The van der Waals surface area contributed by atoms with E-state index in [2.05, 4.69) is 15.1 Å². The van der Waals surface area contributed by atoms with Gasteiger partial charge >= 0.3 is 5.97 Å². The Morgan fingerprint density at radius 1 is 1.10 bits per heavy atom. The minimum Gasteiger partial charge on any atom is -0.496 e. The topological polar surface area (TPSA) is 127 Å². The lowest BCUT2D eigenvalue weighted by molar-refractivity contribution is -0.200. The van der Waals surface area contributed by atoms with Crippen LogP contribution in [-0.2, 0) is 14.3 Å². The molecule has 228 valence electrons. The van der Waals surface area contributed by atoms with Crippen molar-refractivity contribution in [3.63, 3.8) is 0 Å². The normalized spacial score (nSPS) is 27.7. The number of nitrogens with zero attached hydrogens (tertiary/aromatic N) is 2. The second-order valence-electron chi connectivity index (χ2n) is 10.6. The first-order chi connectivity index (χ1) is 18.3. The lowest BCUT2D eigenvalue weighted by atomic mass is 9.84. The minimum atomic E-state index is -0.561. The van der Waals surface area contributed by atoms with E-state index in [0.717, 1.165) is 64.7 Å². The molecule has 0 spiro atoms. The highest BCUT2D eigenvalue weighted by molar-refractivity contribution is 6.33. The standard InChI is InChI=1S/C27H41ClN4O6.2ClH/c1-36-22-15-20(29)19(28)14-18(22)26(35)30-21-9-11-31(16-23(21)37-2)10-5-3-4-6-24(33)38-27-25(34)17-7-12-32(27)13-8-17;;/h14-15,17,21,23,25,27,34H,3-13,16,29H2,1-2H3,(H,30,35);2*1H/t21-,23+,25-,27-;;/m1../s1. The highest BCUT2D eigenvalue weighted by atomic mass is 35.5. The van der Waals surface area contributed by atoms with Crippen LogP contribution in [0.15, 0.2) is 12.1 Å².